The first-order chi connectivity index (χ1) is 47.9. The van der Waals surface area contributed by atoms with E-state index in [0.29, 0.717) is 63.3 Å². The zero-order valence-electron chi connectivity index (χ0n) is 55.5. The van der Waals surface area contributed by atoms with Crippen molar-refractivity contribution >= 4 is 75.0 Å². The molecule has 522 valence electrons. The summed E-state index contributed by atoms with van der Waals surface area (Å²) in [7, 11) is 1.47. The van der Waals surface area contributed by atoms with E-state index in [1.807, 2.05) is 48.5 Å². The van der Waals surface area contributed by atoms with Crippen LogP contribution >= 0.6 is 0 Å². The number of nitrogens with one attached hydrogen (secondary N) is 9. The minimum absolute atomic E-state index is 0.0171. The average molecular weight is 1370 g/mol. The van der Waals surface area contributed by atoms with Gasteiger partial charge in [-0.1, -0.05) is 72.8 Å². The van der Waals surface area contributed by atoms with Gasteiger partial charge in [-0.3, -0.25) is 48.1 Å². The van der Waals surface area contributed by atoms with Gasteiger partial charge in [-0.05, 0) is 152 Å². The van der Waals surface area contributed by atoms with E-state index in [4.69, 9.17) is 10.5 Å². The summed E-state index contributed by atoms with van der Waals surface area (Å²) in [4.78, 5) is 139. The Morgan fingerprint density at radius 1 is 0.630 bits per heavy atom. The van der Waals surface area contributed by atoms with Crippen LogP contribution in [0.3, 0.4) is 0 Å². The number of aromatic amines is 2. The monoisotopic (exact) mass is 1370 g/mol. The average Bonchev–Trinajstić information content (AvgIpc) is 1.66. The zero-order chi connectivity index (χ0) is 71.1. The first-order valence-electron chi connectivity index (χ1n) is 33.1. The van der Waals surface area contributed by atoms with Gasteiger partial charge in [0.25, 0.3) is 5.91 Å². The summed E-state index contributed by atoms with van der Waals surface area (Å²) in [5, 5.41) is 31.4. The molecule has 9 amide bonds. The molecule has 6 aliphatic rings. The number of aromatic nitrogens is 2. The van der Waals surface area contributed by atoms with Gasteiger partial charge in [-0.25, -0.2) is 13.2 Å². The number of carbonyl (C=O) groups is 9. The van der Waals surface area contributed by atoms with Crippen LogP contribution in [0.5, 0.6) is 5.75 Å². The molecule has 0 spiro atoms. The maximum Gasteiger partial charge on any atom is 0.251 e. The fraction of sp³-hybridized carbons (Fsp3) is 0.338. The predicted octanol–water partition coefficient (Wildman–Crippen LogP) is 5.25. The van der Waals surface area contributed by atoms with Crippen molar-refractivity contribution in [3.05, 3.63) is 196 Å². The van der Waals surface area contributed by atoms with Crippen LogP contribution in [0.4, 0.5) is 13.2 Å². The minimum Gasteiger partial charge on any atom is -0.497 e. The maximum atomic E-state index is 16.8. The molecule has 0 radical (unpaired) electrons. The maximum absolute atomic E-state index is 16.8. The van der Waals surface area contributed by atoms with E-state index in [1.165, 1.54) is 74.6 Å². The Hall–Kier alpha value is -10.9. The fourth-order valence-corrected chi connectivity index (χ4v) is 13.3. The van der Waals surface area contributed by atoms with Gasteiger partial charge in [0.1, 0.15) is 65.2 Å². The van der Waals surface area contributed by atoms with Crippen LogP contribution in [0.25, 0.3) is 32.9 Å². The van der Waals surface area contributed by atoms with Crippen molar-refractivity contribution in [2.45, 2.75) is 145 Å². The number of nitrogens with two attached hydrogens (primary N) is 1. The number of fused-ring (bicyclic) bond motifs is 5. The highest BCUT2D eigenvalue weighted by molar-refractivity contribution is 6.01. The third-order valence-electron chi connectivity index (χ3n) is 19.0. The molecule has 100 heavy (non-hydrogen) atoms. The molecule has 8 heterocycles. The minimum atomic E-state index is -2.19. The molecule has 2 saturated heterocycles. The summed E-state index contributed by atoms with van der Waals surface area (Å²) in [6.07, 6.45) is -2.17. The van der Waals surface area contributed by atoms with E-state index < -0.39 is 138 Å². The lowest BCUT2D eigenvalue weighted by Crippen LogP contribution is -2.64. The molecule has 2 fully saturated rings. The highest BCUT2D eigenvalue weighted by Crippen LogP contribution is 2.33. The standard InChI is InChI=1S/C74H79F3N12O11/c1-40-66(92)83-59(32-49-38-80-56-24-20-51(75)34-54(49)56)68(94)84-61(33-50-39-81-57-25-21-52(76)35-55(50)57)72(98)89-62(26-27-63(89)77)69(95)87-64(41(2)90)70(96)85-60(31-43-12-22-53(100-4)23-13-43)71(97)88-29-5-28-74(88,3)73(99)86-58(65(78)91)30-42-6-8-44(9-7-42)36-79-37-45-10-14-46(15-11-45)47-16-18-48(19-17-47)67(93)82-40/h6-25,34-35,38-41,58-64,79-81,90H,5,26-33,36-37H2,1-4H3,(H2,78,91)(H,82,93)(H,83,92)(H,84,94)(H,85,96)(H,86,99)(H,87,95)/t40-,41-,58+,59+,60+,61+,62+,63-,64+,74+/m1/s1. The Morgan fingerprint density at radius 2 is 1.17 bits per heavy atom. The number of hydrogen-bond acceptors (Lipinski definition) is 12. The molecule has 0 aliphatic carbocycles. The number of amides is 9. The number of primary amides is 1. The summed E-state index contributed by atoms with van der Waals surface area (Å²) in [6, 6.07) is 25.3. The second kappa shape index (κ2) is 30.5. The Balaban J connectivity index is 0.922. The van der Waals surface area contributed by atoms with E-state index in [0.717, 1.165) is 22.3 Å². The molecule has 6 bridgehead atoms. The summed E-state index contributed by atoms with van der Waals surface area (Å²) in [6.45, 7) is 5.17. The number of nitrogens with zero attached hydrogens (tertiary/aromatic N) is 2. The molecule has 6 aliphatic heterocycles. The first-order valence-corrected chi connectivity index (χ1v) is 33.1. The Labute approximate surface area is 573 Å². The second-order valence-electron chi connectivity index (χ2n) is 26.0. The van der Waals surface area contributed by atoms with Crippen molar-refractivity contribution in [2.75, 3.05) is 13.7 Å². The molecular weight excluding hydrogens is 1290 g/mol. The Morgan fingerprint density at radius 3 is 1.76 bits per heavy atom. The van der Waals surface area contributed by atoms with Gasteiger partial charge < -0.3 is 67.7 Å². The Kier molecular flexibility index (Phi) is 21.5. The number of methoxy groups -OCH3 is 1. The molecule has 10 atom stereocenters. The van der Waals surface area contributed by atoms with Gasteiger partial charge in [-0.15, -0.1) is 0 Å². The third kappa shape index (κ3) is 16.0. The largest absolute Gasteiger partial charge is 0.497 e. The number of rotatable bonds is 9. The van der Waals surface area contributed by atoms with E-state index in [2.05, 4.69) is 47.2 Å². The van der Waals surface area contributed by atoms with Crippen LogP contribution in [-0.4, -0.2) is 152 Å². The quantitative estimate of drug-likeness (QED) is 0.0826. The summed E-state index contributed by atoms with van der Waals surface area (Å²) < 4.78 is 52.0. The van der Waals surface area contributed by atoms with Crippen molar-refractivity contribution < 1.29 is 66.2 Å². The highest BCUT2D eigenvalue weighted by Gasteiger charge is 2.50. The van der Waals surface area contributed by atoms with Crippen LogP contribution in [-0.2, 0) is 77.1 Å². The highest BCUT2D eigenvalue weighted by atomic mass is 19.1. The molecule has 12 N–H and O–H groups in total. The van der Waals surface area contributed by atoms with Crippen molar-refractivity contribution in [1.29, 1.82) is 0 Å². The summed E-state index contributed by atoms with van der Waals surface area (Å²) in [5.74, 6) is -8.89. The smallest absolute Gasteiger partial charge is 0.251 e. The number of halogens is 3. The lowest BCUT2D eigenvalue weighted by atomic mass is 9.94. The van der Waals surface area contributed by atoms with Crippen LogP contribution in [0.15, 0.2) is 146 Å². The van der Waals surface area contributed by atoms with Crippen LogP contribution < -0.4 is 47.7 Å². The number of H-pyrrole nitrogens is 2. The zero-order valence-corrected chi connectivity index (χ0v) is 55.5. The fourth-order valence-electron chi connectivity index (χ4n) is 13.3. The molecular formula is C74H79F3N12O11. The van der Waals surface area contributed by atoms with Crippen molar-refractivity contribution in [3.63, 3.8) is 0 Å². The van der Waals surface area contributed by atoms with E-state index >= 15 is 18.8 Å². The Bertz CT molecular complexity index is 4380. The first kappa shape index (κ1) is 70.5. The number of benzene rings is 6. The number of alkyl halides is 1. The van der Waals surface area contributed by atoms with Crippen molar-refractivity contribution in [3.8, 4) is 16.9 Å². The van der Waals surface area contributed by atoms with Gasteiger partial charge in [-0.2, -0.15) is 0 Å². The van der Waals surface area contributed by atoms with Crippen LogP contribution in [0.2, 0.25) is 0 Å². The molecule has 23 nitrogen and oxygen atoms in total. The van der Waals surface area contributed by atoms with Crippen LogP contribution in [0.1, 0.15) is 90.2 Å². The van der Waals surface area contributed by atoms with Gasteiger partial charge in [0.2, 0.25) is 47.3 Å². The molecule has 0 unspecified atom stereocenters. The molecule has 8 aromatic rings. The molecule has 6 aromatic carbocycles. The lowest BCUT2D eigenvalue weighted by molar-refractivity contribution is -0.148. The normalized spacial score (nSPS) is 23.8. The van der Waals surface area contributed by atoms with E-state index in [-0.39, 0.29) is 55.2 Å². The SMILES string of the molecule is COc1ccc(C[C@@H]2NC(=O)[C@H]([C@@H](C)O)NC(=O)[C@@H]3CC[C@H](F)N3C(=O)[C@H](Cc3c[nH]c4ccc(F)cc34)NC(=O)[C@H](Cc3c[nH]c4ccc(F)cc34)NC(=O)[C@@H](C)NC(=O)c3ccc(cc3)-c3ccc(cc3)CNCc3ccc(cc3)C[C@@H](C(N)=O)NC(=O)[C@]3(C)CCCN3C2=O)cc1. The third-order valence-corrected chi connectivity index (χ3v) is 19.0. The molecule has 26 heteroatoms. The van der Waals surface area contributed by atoms with Gasteiger partial charge in [0, 0.05) is 85.1 Å². The number of carbonyl (C=O) groups excluding carboxylic acids is 9. The number of hydrogen-bond donors (Lipinski definition) is 11. The molecule has 0 saturated carbocycles. The van der Waals surface area contributed by atoms with Crippen LogP contribution in [0, 0.1) is 11.6 Å². The van der Waals surface area contributed by atoms with Gasteiger partial charge in [0.15, 0.2) is 6.30 Å². The lowest BCUT2D eigenvalue weighted by Gasteiger charge is -2.37. The van der Waals surface area contributed by atoms with E-state index in [9.17, 15) is 42.7 Å². The number of aliphatic hydroxyl groups is 1. The number of aliphatic hydroxyl groups excluding tert-OH is 1. The molecule has 14 rings (SSSR count). The molecule has 2 aromatic heterocycles. The van der Waals surface area contributed by atoms with Gasteiger partial charge in [0.05, 0.1) is 13.2 Å². The van der Waals surface area contributed by atoms with Crippen molar-refractivity contribution in [1.82, 2.24) is 57.0 Å². The van der Waals surface area contributed by atoms with Gasteiger partial charge >= 0.3 is 0 Å². The van der Waals surface area contributed by atoms with E-state index in [1.54, 1.807) is 55.5 Å². The topological polar surface area (TPSA) is 331 Å². The summed E-state index contributed by atoms with van der Waals surface area (Å²) >= 11 is 0. The van der Waals surface area contributed by atoms with Crippen molar-refractivity contribution in [2.24, 2.45) is 5.73 Å². The summed E-state index contributed by atoms with van der Waals surface area (Å²) in [5.41, 5.74) is 10.9. The predicted molar refractivity (Wildman–Crippen MR) is 365 cm³/mol. The second-order valence-corrected chi connectivity index (χ2v) is 26.0. The number of ether oxygens (including phenoxy) is 1.